The number of nitrogens with zero attached hydrogens (tertiary/aromatic N) is 1. The summed E-state index contributed by atoms with van der Waals surface area (Å²) in [7, 11) is 0. The molecule has 0 saturated heterocycles. The molecule has 3 rings (SSSR count). The quantitative estimate of drug-likeness (QED) is 0.373. The van der Waals surface area contributed by atoms with Crippen molar-refractivity contribution in [3.8, 4) is 0 Å². The number of halogens is 2. The van der Waals surface area contributed by atoms with Crippen molar-refractivity contribution in [2.24, 2.45) is 5.10 Å². The molecule has 0 bridgehead atoms. The van der Waals surface area contributed by atoms with E-state index in [0.29, 0.717) is 26.2 Å². The second kappa shape index (κ2) is 9.14. The van der Waals surface area contributed by atoms with Crippen LogP contribution in [0.5, 0.6) is 0 Å². The standard InChI is InChI=1S/C20H15BrClN3O2S/c1-12(24-25-19(26)13-5-7-15(21)8-6-13)14-3-2-4-16(11-14)23-20(27)17-9-10-18(22)28-17/h2-11H,1H3,(H,23,27)(H,25,26)/b24-12+. The first-order valence-corrected chi connectivity index (χ1v) is 10.2. The Kier molecular flexibility index (Phi) is 6.61. The topological polar surface area (TPSA) is 70.6 Å². The Labute approximate surface area is 179 Å². The molecule has 5 nitrogen and oxygen atoms in total. The fraction of sp³-hybridized carbons (Fsp3) is 0.0500. The fourth-order valence-electron chi connectivity index (χ4n) is 2.32. The fourth-order valence-corrected chi connectivity index (χ4v) is 3.52. The van der Waals surface area contributed by atoms with Crippen molar-refractivity contribution in [1.29, 1.82) is 0 Å². The molecule has 0 atom stereocenters. The normalized spacial score (nSPS) is 11.2. The number of anilines is 1. The maximum atomic E-state index is 12.3. The molecular formula is C20H15BrClN3O2S. The second-order valence-electron chi connectivity index (χ2n) is 5.78. The molecule has 2 N–H and O–H groups in total. The maximum Gasteiger partial charge on any atom is 0.271 e. The van der Waals surface area contributed by atoms with Crippen LogP contribution in [0.4, 0.5) is 5.69 Å². The van der Waals surface area contributed by atoms with Gasteiger partial charge in [0, 0.05) is 15.7 Å². The van der Waals surface area contributed by atoms with Gasteiger partial charge in [-0.15, -0.1) is 11.3 Å². The van der Waals surface area contributed by atoms with E-state index in [1.165, 1.54) is 11.3 Å². The molecule has 0 spiro atoms. The average molecular weight is 477 g/mol. The molecule has 3 aromatic rings. The first-order valence-electron chi connectivity index (χ1n) is 8.20. The highest BCUT2D eigenvalue weighted by Gasteiger charge is 2.10. The van der Waals surface area contributed by atoms with E-state index in [2.05, 4.69) is 31.8 Å². The van der Waals surface area contributed by atoms with Crippen LogP contribution in [0.1, 0.15) is 32.5 Å². The Balaban J connectivity index is 1.68. The zero-order valence-electron chi connectivity index (χ0n) is 14.7. The van der Waals surface area contributed by atoms with Gasteiger partial charge in [-0.25, -0.2) is 5.43 Å². The molecule has 0 aliphatic carbocycles. The van der Waals surface area contributed by atoms with E-state index in [9.17, 15) is 9.59 Å². The van der Waals surface area contributed by atoms with Crippen LogP contribution >= 0.6 is 38.9 Å². The molecule has 0 saturated carbocycles. The molecule has 8 heteroatoms. The molecule has 1 heterocycles. The van der Waals surface area contributed by atoms with Crippen molar-refractivity contribution >= 4 is 62.1 Å². The SMILES string of the molecule is C/C(=N\NC(=O)c1ccc(Br)cc1)c1cccc(NC(=O)c2ccc(Cl)s2)c1. The Hall–Kier alpha value is -2.48. The van der Waals surface area contributed by atoms with Gasteiger partial charge in [-0.3, -0.25) is 9.59 Å². The van der Waals surface area contributed by atoms with Gasteiger partial charge in [0.1, 0.15) is 0 Å². The molecular weight excluding hydrogens is 462 g/mol. The minimum atomic E-state index is -0.300. The van der Waals surface area contributed by atoms with Crippen molar-refractivity contribution in [3.05, 3.63) is 85.5 Å². The van der Waals surface area contributed by atoms with Crippen LogP contribution in [0, 0.1) is 0 Å². The van der Waals surface area contributed by atoms with Gasteiger partial charge in [-0.1, -0.05) is 39.7 Å². The van der Waals surface area contributed by atoms with Crippen LogP contribution in [-0.4, -0.2) is 17.5 Å². The van der Waals surface area contributed by atoms with Gasteiger partial charge in [0.2, 0.25) is 0 Å². The third kappa shape index (κ3) is 5.28. The lowest BCUT2D eigenvalue weighted by Gasteiger charge is -2.07. The third-order valence-electron chi connectivity index (χ3n) is 3.77. The second-order valence-corrected chi connectivity index (χ2v) is 8.41. The van der Waals surface area contributed by atoms with Crippen LogP contribution in [0.2, 0.25) is 4.34 Å². The van der Waals surface area contributed by atoms with E-state index in [1.807, 2.05) is 12.1 Å². The smallest absolute Gasteiger partial charge is 0.271 e. The summed E-state index contributed by atoms with van der Waals surface area (Å²) in [4.78, 5) is 24.9. The predicted octanol–water partition coefficient (Wildman–Crippen LogP) is 5.57. The van der Waals surface area contributed by atoms with Crippen molar-refractivity contribution in [1.82, 2.24) is 5.43 Å². The molecule has 1 aromatic heterocycles. The molecule has 2 aromatic carbocycles. The first kappa shape index (κ1) is 20.3. The number of nitrogens with one attached hydrogen (secondary N) is 2. The molecule has 142 valence electrons. The van der Waals surface area contributed by atoms with Crippen LogP contribution in [0.3, 0.4) is 0 Å². The lowest BCUT2D eigenvalue weighted by Crippen LogP contribution is -2.19. The first-order chi connectivity index (χ1) is 13.4. The number of hydrazone groups is 1. The van der Waals surface area contributed by atoms with Crippen molar-refractivity contribution in [3.63, 3.8) is 0 Å². The summed E-state index contributed by atoms with van der Waals surface area (Å²) < 4.78 is 1.45. The van der Waals surface area contributed by atoms with E-state index in [-0.39, 0.29) is 11.8 Å². The van der Waals surface area contributed by atoms with Crippen molar-refractivity contribution < 1.29 is 9.59 Å². The molecule has 0 fully saturated rings. The van der Waals surface area contributed by atoms with E-state index in [1.54, 1.807) is 55.5 Å². The predicted molar refractivity (Wildman–Crippen MR) is 118 cm³/mol. The van der Waals surface area contributed by atoms with Crippen LogP contribution in [0.15, 0.2) is 70.2 Å². The monoisotopic (exact) mass is 475 g/mol. The molecule has 0 aliphatic heterocycles. The largest absolute Gasteiger partial charge is 0.321 e. The highest BCUT2D eigenvalue weighted by atomic mass is 79.9. The van der Waals surface area contributed by atoms with Crippen molar-refractivity contribution in [2.45, 2.75) is 6.92 Å². The molecule has 0 radical (unpaired) electrons. The van der Waals surface area contributed by atoms with Gasteiger partial charge >= 0.3 is 0 Å². The van der Waals surface area contributed by atoms with E-state index < -0.39 is 0 Å². The summed E-state index contributed by atoms with van der Waals surface area (Å²) in [6, 6.07) is 17.6. The summed E-state index contributed by atoms with van der Waals surface area (Å²) in [5, 5.41) is 6.98. The number of hydrogen-bond acceptors (Lipinski definition) is 4. The molecule has 2 amide bonds. The summed E-state index contributed by atoms with van der Waals surface area (Å²) in [5.74, 6) is -0.530. The van der Waals surface area contributed by atoms with E-state index >= 15 is 0 Å². The van der Waals surface area contributed by atoms with Gasteiger partial charge < -0.3 is 5.32 Å². The number of rotatable bonds is 5. The number of amides is 2. The summed E-state index contributed by atoms with van der Waals surface area (Å²) in [6.45, 7) is 1.78. The van der Waals surface area contributed by atoms with Crippen molar-refractivity contribution in [2.75, 3.05) is 5.32 Å². The van der Waals surface area contributed by atoms with Crippen LogP contribution in [-0.2, 0) is 0 Å². The Morgan fingerprint density at radius 2 is 1.75 bits per heavy atom. The van der Waals surface area contributed by atoms with Gasteiger partial charge in [0.05, 0.1) is 14.9 Å². The third-order valence-corrected chi connectivity index (χ3v) is 5.53. The summed E-state index contributed by atoms with van der Waals surface area (Å²) in [6.07, 6.45) is 0. The summed E-state index contributed by atoms with van der Waals surface area (Å²) >= 11 is 10.4. The lowest BCUT2D eigenvalue weighted by atomic mass is 10.1. The number of benzene rings is 2. The number of hydrogen-bond donors (Lipinski definition) is 2. The Morgan fingerprint density at radius 1 is 1.00 bits per heavy atom. The number of carbonyl (C=O) groups is 2. The van der Waals surface area contributed by atoms with Crippen LogP contribution in [0.25, 0.3) is 0 Å². The number of thiophene rings is 1. The molecule has 0 aliphatic rings. The van der Waals surface area contributed by atoms with Gasteiger partial charge in [-0.05, 0) is 61.0 Å². The Morgan fingerprint density at radius 3 is 2.43 bits per heavy atom. The minimum Gasteiger partial charge on any atom is -0.321 e. The van der Waals surface area contributed by atoms with Crippen LogP contribution < -0.4 is 10.7 Å². The Bertz CT molecular complexity index is 1050. The number of carbonyl (C=O) groups excluding carboxylic acids is 2. The van der Waals surface area contributed by atoms with Gasteiger partial charge in [0.15, 0.2) is 0 Å². The maximum absolute atomic E-state index is 12.3. The van der Waals surface area contributed by atoms with Gasteiger partial charge in [-0.2, -0.15) is 5.10 Å². The zero-order valence-corrected chi connectivity index (χ0v) is 17.9. The summed E-state index contributed by atoms with van der Waals surface area (Å²) in [5.41, 5.74) is 5.06. The average Bonchev–Trinajstić information content (AvgIpc) is 3.13. The zero-order chi connectivity index (χ0) is 20.1. The van der Waals surface area contributed by atoms with E-state index in [0.717, 1.165) is 10.0 Å². The van der Waals surface area contributed by atoms with E-state index in [4.69, 9.17) is 11.6 Å². The minimum absolute atomic E-state index is 0.229. The van der Waals surface area contributed by atoms with Gasteiger partial charge in [0.25, 0.3) is 11.8 Å². The molecule has 0 unspecified atom stereocenters. The molecule has 28 heavy (non-hydrogen) atoms. The highest BCUT2D eigenvalue weighted by Crippen LogP contribution is 2.22. The lowest BCUT2D eigenvalue weighted by molar-refractivity contribution is 0.0954. The highest BCUT2D eigenvalue weighted by molar-refractivity contribution is 9.10.